The van der Waals surface area contributed by atoms with Crippen molar-refractivity contribution in [2.24, 2.45) is 5.92 Å². The molecule has 96 valence electrons. The van der Waals surface area contributed by atoms with E-state index in [2.05, 4.69) is 12.2 Å². The quantitative estimate of drug-likeness (QED) is 0.873. The number of hydrogen-bond donors (Lipinski definition) is 1. The van der Waals surface area contributed by atoms with E-state index >= 15 is 0 Å². The number of likely N-dealkylation sites (N-methyl/N-ethyl adjacent to an activating group) is 1. The van der Waals surface area contributed by atoms with Gasteiger partial charge in [-0.2, -0.15) is 0 Å². The molecule has 1 saturated carbocycles. The lowest BCUT2D eigenvalue weighted by molar-refractivity contribution is -0.0787. The Labute approximate surface area is 104 Å². The van der Waals surface area contributed by atoms with Gasteiger partial charge in [-0.05, 0) is 50.8 Å². The van der Waals surface area contributed by atoms with E-state index < -0.39 is 0 Å². The number of hydrogen-bond acceptors (Lipinski definition) is 3. The highest BCUT2D eigenvalue weighted by molar-refractivity contribution is 5.12. The molecule has 1 aliphatic rings. The van der Waals surface area contributed by atoms with Crippen molar-refractivity contribution in [3.63, 3.8) is 0 Å². The number of rotatable bonds is 4. The molecular formula is C14H23NO2. The maximum Gasteiger partial charge on any atom is 0.123 e. The van der Waals surface area contributed by atoms with Crippen LogP contribution < -0.4 is 5.32 Å². The summed E-state index contributed by atoms with van der Waals surface area (Å²) in [6.45, 7) is 2.32. The second-order valence-electron chi connectivity index (χ2n) is 5.19. The van der Waals surface area contributed by atoms with E-state index in [4.69, 9.17) is 9.15 Å². The Kier molecular flexibility index (Phi) is 3.89. The Morgan fingerprint density at radius 3 is 2.65 bits per heavy atom. The van der Waals surface area contributed by atoms with Crippen LogP contribution in [0.15, 0.2) is 22.8 Å². The summed E-state index contributed by atoms with van der Waals surface area (Å²) < 4.78 is 11.4. The lowest BCUT2D eigenvalue weighted by atomic mass is 9.74. The molecule has 2 rings (SSSR count). The first-order valence-corrected chi connectivity index (χ1v) is 6.47. The summed E-state index contributed by atoms with van der Waals surface area (Å²) in [6, 6.07) is 4.11. The van der Waals surface area contributed by atoms with E-state index in [9.17, 15) is 0 Å². The van der Waals surface area contributed by atoms with E-state index in [1.807, 2.05) is 26.3 Å². The molecule has 0 aliphatic heterocycles. The van der Waals surface area contributed by atoms with E-state index in [-0.39, 0.29) is 11.6 Å². The van der Waals surface area contributed by atoms with E-state index in [1.54, 1.807) is 6.26 Å². The Balaban J connectivity index is 2.21. The van der Waals surface area contributed by atoms with Gasteiger partial charge in [-0.3, -0.25) is 0 Å². The summed E-state index contributed by atoms with van der Waals surface area (Å²) in [5.74, 6) is 1.79. The molecule has 17 heavy (non-hydrogen) atoms. The van der Waals surface area contributed by atoms with Gasteiger partial charge in [-0.1, -0.05) is 6.92 Å². The first-order valence-electron chi connectivity index (χ1n) is 6.47. The summed E-state index contributed by atoms with van der Waals surface area (Å²) in [5, 5.41) is 3.36. The Bertz CT molecular complexity index is 326. The summed E-state index contributed by atoms with van der Waals surface area (Å²) in [4.78, 5) is 0. The lowest BCUT2D eigenvalue weighted by Gasteiger charge is -2.43. The Morgan fingerprint density at radius 2 is 2.18 bits per heavy atom. The fourth-order valence-corrected chi connectivity index (χ4v) is 2.98. The molecule has 0 saturated heterocycles. The van der Waals surface area contributed by atoms with Gasteiger partial charge in [-0.25, -0.2) is 0 Å². The fraction of sp³-hybridized carbons (Fsp3) is 0.714. The number of nitrogens with one attached hydrogen (secondary N) is 1. The largest absolute Gasteiger partial charge is 0.468 e. The van der Waals surface area contributed by atoms with Gasteiger partial charge >= 0.3 is 0 Å². The molecule has 1 aromatic rings. The molecule has 0 aromatic carbocycles. The predicted octanol–water partition coefficient (Wildman–Crippen LogP) is 3.14. The molecule has 0 radical (unpaired) electrons. The molecule has 1 aliphatic carbocycles. The summed E-state index contributed by atoms with van der Waals surface area (Å²) >= 11 is 0. The van der Waals surface area contributed by atoms with Gasteiger partial charge in [0.25, 0.3) is 0 Å². The molecule has 3 heteroatoms. The maximum atomic E-state index is 5.88. The van der Waals surface area contributed by atoms with Gasteiger partial charge in [0.1, 0.15) is 5.76 Å². The van der Waals surface area contributed by atoms with Crippen LogP contribution in [-0.4, -0.2) is 19.8 Å². The van der Waals surface area contributed by atoms with Gasteiger partial charge in [-0.15, -0.1) is 0 Å². The second-order valence-corrected chi connectivity index (χ2v) is 5.19. The van der Waals surface area contributed by atoms with Crippen LogP contribution >= 0.6 is 0 Å². The molecule has 0 amide bonds. The molecule has 1 atom stereocenters. The van der Waals surface area contributed by atoms with Crippen molar-refractivity contribution in [3.05, 3.63) is 24.2 Å². The van der Waals surface area contributed by atoms with Crippen molar-refractivity contribution in [3.8, 4) is 0 Å². The molecule has 1 N–H and O–H groups in total. The van der Waals surface area contributed by atoms with Gasteiger partial charge in [0.15, 0.2) is 0 Å². The second kappa shape index (κ2) is 5.23. The molecule has 0 bridgehead atoms. The number of ether oxygens (including phenoxy) is 1. The van der Waals surface area contributed by atoms with Crippen LogP contribution in [0.4, 0.5) is 0 Å². The highest BCUT2D eigenvalue weighted by Gasteiger charge is 2.42. The van der Waals surface area contributed by atoms with E-state index in [0.717, 1.165) is 24.5 Å². The average Bonchev–Trinajstić information content (AvgIpc) is 2.86. The van der Waals surface area contributed by atoms with Crippen molar-refractivity contribution in [2.75, 3.05) is 14.2 Å². The van der Waals surface area contributed by atoms with Gasteiger partial charge in [0, 0.05) is 7.11 Å². The number of furan rings is 1. The van der Waals surface area contributed by atoms with Crippen LogP contribution in [0.2, 0.25) is 0 Å². The van der Waals surface area contributed by atoms with Crippen LogP contribution in [0.25, 0.3) is 0 Å². The summed E-state index contributed by atoms with van der Waals surface area (Å²) in [5.41, 5.74) is -0.112. The molecule has 3 nitrogen and oxygen atoms in total. The van der Waals surface area contributed by atoms with Crippen molar-refractivity contribution in [1.82, 2.24) is 5.32 Å². The van der Waals surface area contributed by atoms with E-state index in [1.165, 1.54) is 12.8 Å². The summed E-state index contributed by atoms with van der Waals surface area (Å²) in [7, 11) is 3.80. The van der Waals surface area contributed by atoms with Crippen LogP contribution in [0.1, 0.15) is 44.4 Å². The smallest absolute Gasteiger partial charge is 0.123 e. The molecule has 1 heterocycles. The van der Waals surface area contributed by atoms with Gasteiger partial charge in [0.05, 0.1) is 17.9 Å². The standard InChI is InChI=1S/C14H23NO2/c1-11-6-8-14(16-3,9-7-11)13(15-2)12-5-4-10-17-12/h4-5,10-11,13,15H,6-9H2,1-3H3. The monoisotopic (exact) mass is 237 g/mol. The maximum absolute atomic E-state index is 5.88. The minimum atomic E-state index is -0.112. The fourth-order valence-electron chi connectivity index (χ4n) is 2.98. The zero-order chi connectivity index (χ0) is 12.3. The third kappa shape index (κ3) is 2.40. The van der Waals surface area contributed by atoms with E-state index in [0.29, 0.717) is 0 Å². The highest BCUT2D eigenvalue weighted by Crippen LogP contribution is 2.42. The first-order chi connectivity index (χ1) is 8.22. The Morgan fingerprint density at radius 1 is 1.47 bits per heavy atom. The average molecular weight is 237 g/mol. The third-order valence-corrected chi connectivity index (χ3v) is 4.17. The van der Waals surface area contributed by atoms with Crippen molar-refractivity contribution in [2.45, 2.75) is 44.2 Å². The minimum Gasteiger partial charge on any atom is -0.468 e. The SMILES string of the molecule is CNC(c1ccco1)C1(OC)CCC(C)CC1. The van der Waals surface area contributed by atoms with Crippen LogP contribution in [-0.2, 0) is 4.74 Å². The van der Waals surface area contributed by atoms with Crippen molar-refractivity contribution < 1.29 is 9.15 Å². The van der Waals surface area contributed by atoms with Crippen LogP contribution in [0.3, 0.4) is 0 Å². The topological polar surface area (TPSA) is 34.4 Å². The predicted molar refractivity (Wildman–Crippen MR) is 67.9 cm³/mol. The van der Waals surface area contributed by atoms with Crippen LogP contribution in [0, 0.1) is 5.92 Å². The molecule has 0 spiro atoms. The molecule has 1 fully saturated rings. The van der Waals surface area contributed by atoms with Crippen molar-refractivity contribution in [1.29, 1.82) is 0 Å². The molecule has 1 aromatic heterocycles. The third-order valence-electron chi connectivity index (χ3n) is 4.17. The minimum absolute atomic E-state index is 0.112. The highest BCUT2D eigenvalue weighted by atomic mass is 16.5. The number of methoxy groups -OCH3 is 1. The van der Waals surface area contributed by atoms with Gasteiger partial charge < -0.3 is 14.5 Å². The first kappa shape index (κ1) is 12.7. The van der Waals surface area contributed by atoms with Crippen molar-refractivity contribution >= 4 is 0 Å². The summed E-state index contributed by atoms with van der Waals surface area (Å²) in [6.07, 6.45) is 6.38. The lowest BCUT2D eigenvalue weighted by Crippen LogP contribution is -2.46. The van der Waals surface area contributed by atoms with Crippen LogP contribution in [0.5, 0.6) is 0 Å². The Hall–Kier alpha value is -0.800. The zero-order valence-corrected chi connectivity index (χ0v) is 11.0. The normalized spacial score (nSPS) is 31.4. The van der Waals surface area contributed by atoms with Gasteiger partial charge in [0.2, 0.25) is 0 Å². The zero-order valence-electron chi connectivity index (χ0n) is 11.0. The molecule has 1 unspecified atom stereocenters. The molecular weight excluding hydrogens is 214 g/mol.